The second-order valence-corrected chi connectivity index (χ2v) is 3.16. The van der Waals surface area contributed by atoms with Gasteiger partial charge in [0, 0.05) is 13.8 Å². The quantitative estimate of drug-likeness (QED) is 0.261. The fourth-order valence-electron chi connectivity index (χ4n) is 0.841. The van der Waals surface area contributed by atoms with E-state index in [2.05, 4.69) is 0 Å². The van der Waals surface area contributed by atoms with Gasteiger partial charge < -0.3 is 4.65 Å². The highest BCUT2D eigenvalue weighted by Crippen LogP contribution is 2.22. The van der Waals surface area contributed by atoms with Crippen LogP contribution in [0.2, 0.25) is 0 Å². The highest BCUT2D eigenvalue weighted by molar-refractivity contribution is 5.98. The lowest BCUT2D eigenvalue weighted by Gasteiger charge is -2.41. The summed E-state index contributed by atoms with van der Waals surface area (Å²) in [5.41, 5.74) is -0.510. The number of hydrogen-bond donors (Lipinski definition) is 0. The van der Waals surface area contributed by atoms with E-state index in [1.165, 1.54) is 0 Å². The molecule has 0 rings (SSSR count). The van der Waals surface area contributed by atoms with Gasteiger partial charge in [-0.15, -0.1) is 0 Å². The van der Waals surface area contributed by atoms with Gasteiger partial charge in [-0.25, -0.2) is 4.84 Å². The zero-order valence-electron chi connectivity index (χ0n) is 8.05. The molecule has 0 aromatic carbocycles. The average Bonchev–Trinajstić information content (AvgIpc) is 2.02. The molecule has 0 aliphatic rings. The molecule has 0 bridgehead atoms. The minimum absolute atomic E-state index is 0.337. The summed E-state index contributed by atoms with van der Waals surface area (Å²) in [6.07, 6.45) is 0. The van der Waals surface area contributed by atoms with Crippen LogP contribution in [0.5, 0.6) is 0 Å². The van der Waals surface area contributed by atoms with E-state index in [0.29, 0.717) is 4.65 Å². The molecule has 0 saturated heterocycles. The average molecular weight is 158 g/mol. The number of hydrogen-bond acceptors (Lipinski definition) is 2. The van der Waals surface area contributed by atoms with Crippen LogP contribution in [-0.4, -0.2) is 39.1 Å². The van der Waals surface area contributed by atoms with Crippen molar-refractivity contribution in [3.63, 3.8) is 0 Å². The molecule has 0 heterocycles. The molecule has 0 aromatic heterocycles. The number of quaternary nitrogens is 1. The molecule has 1 unspecified atom stereocenters. The van der Waals surface area contributed by atoms with Crippen molar-refractivity contribution in [2.45, 2.75) is 26.5 Å². The monoisotopic (exact) mass is 158 g/mol. The van der Waals surface area contributed by atoms with Crippen molar-refractivity contribution >= 4 is 8.05 Å². The van der Waals surface area contributed by atoms with E-state index in [1.807, 2.05) is 27.8 Å². The number of nitrogens with zero attached hydrogens (tertiary/aromatic N) is 1. The molecule has 1 atom stereocenters. The van der Waals surface area contributed by atoms with Crippen LogP contribution in [0, 0.1) is 0 Å². The van der Waals surface area contributed by atoms with E-state index in [9.17, 15) is 0 Å². The molecular formula is C7H17BNO2+. The Morgan fingerprint density at radius 3 is 2.00 bits per heavy atom. The van der Waals surface area contributed by atoms with Crippen LogP contribution in [0.3, 0.4) is 0 Å². The highest BCUT2D eigenvalue weighted by Gasteiger charge is 2.39. The van der Waals surface area contributed by atoms with Gasteiger partial charge in [-0.1, -0.05) is 0 Å². The SMILES string of the molecule is [B]OC(C)(C)[N+](C)(CC)OC. The molecule has 0 N–H and O–H groups in total. The summed E-state index contributed by atoms with van der Waals surface area (Å²) >= 11 is 0. The largest absolute Gasteiger partial charge is 0.399 e. The summed E-state index contributed by atoms with van der Waals surface area (Å²) in [6, 6.07) is 0. The molecule has 0 fully saturated rings. The summed E-state index contributed by atoms with van der Waals surface area (Å²) in [7, 11) is 8.71. The van der Waals surface area contributed by atoms with Gasteiger partial charge in [-0.3, -0.25) is 0 Å². The minimum atomic E-state index is -0.510. The normalized spacial score (nSPS) is 17.9. The maximum atomic E-state index is 5.28. The fraction of sp³-hybridized carbons (Fsp3) is 1.00. The van der Waals surface area contributed by atoms with Gasteiger partial charge in [0.25, 0.3) is 8.05 Å². The lowest BCUT2D eigenvalue weighted by Crippen LogP contribution is -2.59. The van der Waals surface area contributed by atoms with E-state index < -0.39 is 5.72 Å². The predicted octanol–water partition coefficient (Wildman–Crippen LogP) is 0.851. The van der Waals surface area contributed by atoms with Crippen LogP contribution in [0.4, 0.5) is 0 Å². The first-order chi connectivity index (χ1) is 4.93. The highest BCUT2D eigenvalue weighted by atomic mass is 16.7. The van der Waals surface area contributed by atoms with E-state index in [4.69, 9.17) is 17.5 Å². The predicted molar refractivity (Wildman–Crippen MR) is 44.7 cm³/mol. The maximum absolute atomic E-state index is 5.28. The van der Waals surface area contributed by atoms with Gasteiger partial charge in [-0.05, 0) is 6.92 Å². The first-order valence-corrected chi connectivity index (χ1v) is 3.72. The van der Waals surface area contributed by atoms with Gasteiger partial charge in [0.05, 0.1) is 7.11 Å². The molecule has 0 aliphatic carbocycles. The van der Waals surface area contributed by atoms with Crippen LogP contribution >= 0.6 is 0 Å². The molecule has 0 spiro atoms. The molecule has 2 radical (unpaired) electrons. The third-order valence-corrected chi connectivity index (χ3v) is 2.43. The molecule has 11 heavy (non-hydrogen) atoms. The molecule has 0 amide bonds. The van der Waals surface area contributed by atoms with E-state index in [1.54, 1.807) is 7.11 Å². The van der Waals surface area contributed by atoms with Gasteiger partial charge in [0.15, 0.2) is 0 Å². The van der Waals surface area contributed by atoms with Crippen molar-refractivity contribution in [1.29, 1.82) is 0 Å². The third kappa shape index (κ3) is 1.95. The lowest BCUT2D eigenvalue weighted by atomic mass is 10.2. The fourth-order valence-corrected chi connectivity index (χ4v) is 0.841. The van der Waals surface area contributed by atoms with E-state index >= 15 is 0 Å². The number of rotatable bonds is 4. The topological polar surface area (TPSA) is 18.5 Å². The van der Waals surface area contributed by atoms with Gasteiger partial charge in [-0.2, -0.15) is 4.65 Å². The second-order valence-electron chi connectivity index (χ2n) is 3.16. The summed E-state index contributed by atoms with van der Waals surface area (Å²) in [6.45, 7) is 6.60. The smallest absolute Gasteiger partial charge is 0.291 e. The number of hydroxylamine groups is 3. The first-order valence-electron chi connectivity index (χ1n) is 3.72. The zero-order chi connectivity index (χ0) is 9.12. The minimum Gasteiger partial charge on any atom is -0.399 e. The summed E-state index contributed by atoms with van der Waals surface area (Å²) in [5.74, 6) is 0. The molecule has 0 aromatic rings. The van der Waals surface area contributed by atoms with Crippen LogP contribution in [0.25, 0.3) is 0 Å². The van der Waals surface area contributed by atoms with Crippen molar-refractivity contribution in [3.05, 3.63) is 0 Å². The van der Waals surface area contributed by atoms with Crippen molar-refractivity contribution in [2.24, 2.45) is 0 Å². The third-order valence-electron chi connectivity index (χ3n) is 2.43. The summed E-state index contributed by atoms with van der Waals surface area (Å²) < 4.78 is 5.17. The Morgan fingerprint density at radius 1 is 1.45 bits per heavy atom. The van der Waals surface area contributed by atoms with Gasteiger partial charge in [0.1, 0.15) is 13.6 Å². The second kappa shape index (κ2) is 3.56. The Balaban J connectivity index is 4.47. The van der Waals surface area contributed by atoms with Crippen LogP contribution in [0.15, 0.2) is 0 Å². The van der Waals surface area contributed by atoms with Crippen LogP contribution < -0.4 is 0 Å². The van der Waals surface area contributed by atoms with Gasteiger partial charge >= 0.3 is 0 Å². The molecule has 3 nitrogen and oxygen atoms in total. The lowest BCUT2D eigenvalue weighted by molar-refractivity contribution is -1.13. The molecular weight excluding hydrogens is 141 g/mol. The molecule has 64 valence electrons. The standard InChI is InChI=1S/C7H17BNO2/c1-6-9(4,10-5)7(2,3)11-8/h6H2,1-5H3/q+1. The van der Waals surface area contributed by atoms with Gasteiger partial charge in [0.2, 0.25) is 5.72 Å². The Labute approximate surface area is 70.3 Å². The van der Waals surface area contributed by atoms with Crippen molar-refractivity contribution in [2.75, 3.05) is 20.7 Å². The Hall–Kier alpha value is -0.0551. The van der Waals surface area contributed by atoms with Crippen LogP contribution in [0.1, 0.15) is 20.8 Å². The van der Waals surface area contributed by atoms with Crippen molar-refractivity contribution < 1.29 is 14.1 Å². The molecule has 4 heteroatoms. The van der Waals surface area contributed by atoms with Crippen LogP contribution in [-0.2, 0) is 9.49 Å². The Bertz CT molecular complexity index is 124. The Morgan fingerprint density at radius 2 is 1.91 bits per heavy atom. The maximum Gasteiger partial charge on any atom is 0.291 e. The summed E-state index contributed by atoms with van der Waals surface area (Å²) in [5, 5.41) is 0. The first kappa shape index (κ1) is 10.9. The van der Waals surface area contributed by atoms with Crippen molar-refractivity contribution in [1.82, 2.24) is 0 Å². The van der Waals surface area contributed by atoms with E-state index in [0.717, 1.165) is 6.54 Å². The Kier molecular flexibility index (Phi) is 3.54. The molecule has 0 saturated carbocycles. The van der Waals surface area contributed by atoms with E-state index in [-0.39, 0.29) is 0 Å². The molecule has 0 aliphatic heterocycles. The van der Waals surface area contributed by atoms with Crippen molar-refractivity contribution in [3.8, 4) is 0 Å². The zero-order valence-corrected chi connectivity index (χ0v) is 8.05. The summed E-state index contributed by atoms with van der Waals surface area (Å²) in [4.78, 5) is 5.28.